The Morgan fingerprint density at radius 2 is 1.96 bits per heavy atom. The van der Waals surface area contributed by atoms with E-state index in [2.05, 4.69) is 63.3 Å². The highest BCUT2D eigenvalue weighted by Crippen LogP contribution is 2.27. The minimum Gasteiger partial charge on any atom is -0.379 e. The number of halogens is 1. The summed E-state index contributed by atoms with van der Waals surface area (Å²) < 4.78 is 5.54. The van der Waals surface area contributed by atoms with Crippen LogP contribution in [-0.2, 0) is 4.74 Å². The van der Waals surface area contributed by atoms with E-state index < -0.39 is 0 Å². The molecule has 156 valence electrons. The first-order valence-electron chi connectivity index (χ1n) is 9.52. The molecule has 2 aromatic rings. The Morgan fingerprint density at radius 3 is 2.57 bits per heavy atom. The molecule has 0 radical (unpaired) electrons. The molecule has 0 saturated carbocycles. The third-order valence-electron chi connectivity index (χ3n) is 4.95. The fourth-order valence-electron chi connectivity index (χ4n) is 3.27. The fourth-order valence-corrected chi connectivity index (χ4v) is 5.06. The number of nitrogens with one attached hydrogen (secondary N) is 2. The lowest BCUT2D eigenvalue weighted by molar-refractivity contribution is 0.0177. The summed E-state index contributed by atoms with van der Waals surface area (Å²) in [4.78, 5) is 9.69. The van der Waals surface area contributed by atoms with Gasteiger partial charge in [0, 0.05) is 43.0 Å². The SMILES string of the molecule is CN=C(NCC(C)c1ccsc1)NCC(c1ccc(C)s1)N1CCOCC1.I. The van der Waals surface area contributed by atoms with E-state index in [1.807, 2.05) is 18.4 Å². The van der Waals surface area contributed by atoms with E-state index in [1.165, 1.54) is 15.3 Å². The molecule has 3 heterocycles. The van der Waals surface area contributed by atoms with E-state index in [1.54, 1.807) is 11.3 Å². The first kappa shape index (κ1) is 23.6. The summed E-state index contributed by atoms with van der Waals surface area (Å²) in [6, 6.07) is 7.01. The predicted molar refractivity (Wildman–Crippen MR) is 132 cm³/mol. The molecule has 0 aromatic carbocycles. The van der Waals surface area contributed by atoms with Gasteiger partial charge >= 0.3 is 0 Å². The Balaban J connectivity index is 0.00000280. The van der Waals surface area contributed by atoms with Crippen molar-refractivity contribution in [3.63, 3.8) is 0 Å². The van der Waals surface area contributed by atoms with Crippen LogP contribution in [0.15, 0.2) is 34.0 Å². The molecule has 1 aliphatic heterocycles. The number of hydrogen-bond acceptors (Lipinski definition) is 5. The van der Waals surface area contributed by atoms with Crippen LogP contribution in [0, 0.1) is 6.92 Å². The van der Waals surface area contributed by atoms with E-state index in [4.69, 9.17) is 4.74 Å². The van der Waals surface area contributed by atoms with Crippen molar-refractivity contribution in [2.75, 3.05) is 46.4 Å². The number of guanidine groups is 1. The fraction of sp³-hybridized carbons (Fsp3) is 0.550. The molecule has 0 aliphatic carbocycles. The van der Waals surface area contributed by atoms with Crippen molar-refractivity contribution >= 4 is 52.6 Å². The van der Waals surface area contributed by atoms with Crippen LogP contribution in [0.1, 0.15) is 34.2 Å². The second kappa shape index (κ2) is 12.1. The number of aliphatic imine (C=N–C) groups is 1. The third-order valence-corrected chi connectivity index (χ3v) is 6.75. The number of hydrogen-bond donors (Lipinski definition) is 2. The van der Waals surface area contributed by atoms with E-state index >= 15 is 0 Å². The molecule has 1 fully saturated rings. The minimum atomic E-state index is 0. The van der Waals surface area contributed by atoms with Crippen molar-refractivity contribution in [2.24, 2.45) is 4.99 Å². The van der Waals surface area contributed by atoms with Gasteiger partial charge in [-0.15, -0.1) is 35.3 Å². The van der Waals surface area contributed by atoms with E-state index in [-0.39, 0.29) is 24.0 Å². The Morgan fingerprint density at radius 1 is 1.21 bits per heavy atom. The standard InChI is InChI=1S/C20H30N4OS2.HI/c1-15(17-6-11-26-14-17)12-22-20(21-3)23-13-18(19-5-4-16(2)27-19)24-7-9-25-10-8-24;/h4-6,11,14-15,18H,7-10,12-13H2,1-3H3,(H2,21,22,23);1H. The van der Waals surface area contributed by atoms with Crippen molar-refractivity contribution in [3.8, 4) is 0 Å². The van der Waals surface area contributed by atoms with E-state index in [9.17, 15) is 0 Å². The van der Waals surface area contributed by atoms with Crippen LogP contribution in [-0.4, -0.2) is 57.3 Å². The first-order valence-corrected chi connectivity index (χ1v) is 11.3. The van der Waals surface area contributed by atoms with Crippen LogP contribution < -0.4 is 10.6 Å². The molecule has 2 atom stereocenters. The zero-order chi connectivity index (χ0) is 19.1. The van der Waals surface area contributed by atoms with Crippen molar-refractivity contribution in [3.05, 3.63) is 44.3 Å². The number of morpholine rings is 1. The maximum atomic E-state index is 5.54. The van der Waals surface area contributed by atoms with Crippen LogP contribution in [0.25, 0.3) is 0 Å². The van der Waals surface area contributed by atoms with Gasteiger partial charge < -0.3 is 15.4 Å². The Bertz CT molecular complexity index is 714. The van der Waals surface area contributed by atoms with Crippen molar-refractivity contribution in [1.29, 1.82) is 0 Å². The van der Waals surface area contributed by atoms with Gasteiger partial charge in [0.05, 0.1) is 19.3 Å². The summed E-state index contributed by atoms with van der Waals surface area (Å²) in [6.07, 6.45) is 0. The molecule has 0 amide bonds. The van der Waals surface area contributed by atoms with Gasteiger partial charge in [0.1, 0.15) is 0 Å². The summed E-state index contributed by atoms with van der Waals surface area (Å²) in [6.45, 7) is 9.70. The molecular formula is C20H31IN4OS2. The average molecular weight is 535 g/mol. The number of nitrogens with zero attached hydrogens (tertiary/aromatic N) is 2. The van der Waals surface area contributed by atoms with Gasteiger partial charge in [-0.25, -0.2) is 0 Å². The van der Waals surface area contributed by atoms with Gasteiger partial charge in [-0.05, 0) is 47.4 Å². The molecule has 2 unspecified atom stereocenters. The second-order valence-electron chi connectivity index (χ2n) is 6.90. The molecule has 1 aliphatic rings. The maximum Gasteiger partial charge on any atom is 0.191 e. The number of thiophene rings is 2. The van der Waals surface area contributed by atoms with Crippen LogP contribution in [0.5, 0.6) is 0 Å². The highest BCUT2D eigenvalue weighted by molar-refractivity contribution is 14.0. The molecule has 0 spiro atoms. The predicted octanol–water partition coefficient (Wildman–Crippen LogP) is 4.08. The lowest BCUT2D eigenvalue weighted by Gasteiger charge is -2.34. The van der Waals surface area contributed by atoms with Gasteiger partial charge in [0.15, 0.2) is 5.96 Å². The summed E-state index contributed by atoms with van der Waals surface area (Å²) >= 11 is 3.63. The quantitative estimate of drug-likeness (QED) is 0.320. The van der Waals surface area contributed by atoms with Crippen LogP contribution in [0.3, 0.4) is 0 Å². The molecule has 28 heavy (non-hydrogen) atoms. The molecule has 2 N–H and O–H groups in total. The Labute approximate surface area is 193 Å². The first-order chi connectivity index (χ1) is 13.2. The highest BCUT2D eigenvalue weighted by atomic mass is 127. The zero-order valence-electron chi connectivity index (χ0n) is 16.8. The molecule has 5 nitrogen and oxygen atoms in total. The zero-order valence-corrected chi connectivity index (χ0v) is 20.8. The summed E-state index contributed by atoms with van der Waals surface area (Å²) in [5.41, 5.74) is 1.38. The molecule has 0 bridgehead atoms. The topological polar surface area (TPSA) is 48.9 Å². The molecule has 8 heteroatoms. The van der Waals surface area contributed by atoms with Gasteiger partial charge in [0.2, 0.25) is 0 Å². The van der Waals surface area contributed by atoms with Gasteiger partial charge in [0.25, 0.3) is 0 Å². The summed E-state index contributed by atoms with van der Waals surface area (Å²) in [7, 11) is 1.84. The summed E-state index contributed by atoms with van der Waals surface area (Å²) in [5, 5.41) is 11.4. The average Bonchev–Trinajstić information content (AvgIpc) is 3.37. The number of aryl methyl sites for hydroxylation is 1. The third kappa shape index (κ3) is 6.69. The molecule has 3 rings (SSSR count). The monoisotopic (exact) mass is 534 g/mol. The van der Waals surface area contributed by atoms with Crippen molar-refractivity contribution < 1.29 is 4.74 Å². The van der Waals surface area contributed by atoms with Crippen LogP contribution >= 0.6 is 46.7 Å². The maximum absolute atomic E-state index is 5.54. The van der Waals surface area contributed by atoms with Gasteiger partial charge in [-0.3, -0.25) is 9.89 Å². The summed E-state index contributed by atoms with van der Waals surface area (Å²) in [5.74, 6) is 1.33. The molecular weight excluding hydrogens is 503 g/mol. The Kier molecular flexibility index (Phi) is 10.2. The lowest BCUT2D eigenvalue weighted by Crippen LogP contribution is -2.46. The second-order valence-corrected chi connectivity index (χ2v) is 9.00. The smallest absolute Gasteiger partial charge is 0.191 e. The number of rotatable bonds is 7. The molecule has 2 aromatic heterocycles. The normalized spacial score (nSPS) is 17.6. The van der Waals surface area contributed by atoms with Gasteiger partial charge in [-0.2, -0.15) is 11.3 Å². The van der Waals surface area contributed by atoms with Gasteiger partial charge in [-0.1, -0.05) is 6.92 Å². The van der Waals surface area contributed by atoms with E-state index in [0.717, 1.165) is 45.4 Å². The van der Waals surface area contributed by atoms with Crippen LogP contribution in [0.2, 0.25) is 0 Å². The minimum absolute atomic E-state index is 0. The van der Waals surface area contributed by atoms with Crippen molar-refractivity contribution in [1.82, 2.24) is 15.5 Å². The van der Waals surface area contributed by atoms with E-state index in [0.29, 0.717) is 12.0 Å². The molecule has 1 saturated heterocycles. The van der Waals surface area contributed by atoms with Crippen LogP contribution in [0.4, 0.5) is 0 Å². The highest BCUT2D eigenvalue weighted by Gasteiger charge is 2.24. The van der Waals surface area contributed by atoms with Crippen molar-refractivity contribution in [2.45, 2.75) is 25.8 Å². The number of ether oxygens (including phenoxy) is 1. The largest absolute Gasteiger partial charge is 0.379 e. The lowest BCUT2D eigenvalue weighted by atomic mass is 10.1. The Hall–Kier alpha value is -0.680.